The molecule has 1 heterocycles. The topological polar surface area (TPSA) is 55.4 Å². The van der Waals surface area contributed by atoms with Crippen LogP contribution in [0.1, 0.15) is 33.6 Å². The minimum absolute atomic E-state index is 0.0147. The predicted molar refractivity (Wildman–Crippen MR) is 69.9 cm³/mol. The standard InChI is InChI=1S/C12H25NO3S/c1-9(2)12-7-11(5-6-16-12)13-10(3)8-17(4,14)15/h9-13H,5-8H2,1-4H3. The molecule has 1 saturated heterocycles. The van der Waals surface area contributed by atoms with Crippen LogP contribution in [0, 0.1) is 5.92 Å². The Balaban J connectivity index is 2.41. The molecule has 17 heavy (non-hydrogen) atoms. The molecule has 0 radical (unpaired) electrons. The van der Waals surface area contributed by atoms with Gasteiger partial charge in [-0.05, 0) is 25.7 Å². The molecule has 0 aromatic carbocycles. The third-order valence-corrected chi connectivity index (χ3v) is 4.24. The second kappa shape index (κ2) is 6.16. The van der Waals surface area contributed by atoms with E-state index in [-0.39, 0.29) is 11.8 Å². The van der Waals surface area contributed by atoms with Gasteiger partial charge in [-0.1, -0.05) is 13.8 Å². The van der Waals surface area contributed by atoms with Gasteiger partial charge in [0.05, 0.1) is 11.9 Å². The maximum atomic E-state index is 11.2. The summed E-state index contributed by atoms with van der Waals surface area (Å²) in [5, 5.41) is 3.40. The van der Waals surface area contributed by atoms with Gasteiger partial charge < -0.3 is 10.1 Å². The fourth-order valence-electron chi connectivity index (χ4n) is 2.35. The Bertz CT molecular complexity index is 327. The largest absolute Gasteiger partial charge is 0.378 e. The molecule has 3 atom stereocenters. The second-order valence-electron chi connectivity index (χ2n) is 5.53. The van der Waals surface area contributed by atoms with E-state index in [2.05, 4.69) is 19.2 Å². The molecule has 0 amide bonds. The molecular formula is C12H25NO3S. The van der Waals surface area contributed by atoms with Crippen LogP contribution in [0.3, 0.4) is 0 Å². The summed E-state index contributed by atoms with van der Waals surface area (Å²) in [6, 6.07) is 0.397. The van der Waals surface area contributed by atoms with E-state index in [1.807, 2.05) is 6.92 Å². The fraction of sp³-hybridized carbons (Fsp3) is 1.00. The summed E-state index contributed by atoms with van der Waals surface area (Å²) < 4.78 is 28.1. The molecule has 1 rings (SSSR count). The SMILES string of the molecule is CC(CS(C)(=O)=O)NC1CCOC(C(C)C)C1. The summed E-state index contributed by atoms with van der Waals surface area (Å²) in [7, 11) is -2.90. The zero-order chi connectivity index (χ0) is 13.1. The third-order valence-electron chi connectivity index (χ3n) is 3.13. The molecule has 102 valence electrons. The molecule has 0 bridgehead atoms. The molecule has 0 aliphatic carbocycles. The van der Waals surface area contributed by atoms with Crippen molar-refractivity contribution in [3.8, 4) is 0 Å². The molecule has 0 saturated carbocycles. The lowest BCUT2D eigenvalue weighted by atomic mass is 9.95. The first kappa shape index (κ1) is 14.9. The quantitative estimate of drug-likeness (QED) is 0.810. The van der Waals surface area contributed by atoms with Gasteiger partial charge in [0.2, 0.25) is 0 Å². The molecule has 1 aliphatic heterocycles. The Morgan fingerprint density at radius 2 is 2.00 bits per heavy atom. The van der Waals surface area contributed by atoms with Gasteiger partial charge in [-0.3, -0.25) is 0 Å². The van der Waals surface area contributed by atoms with Crippen molar-refractivity contribution in [1.82, 2.24) is 5.32 Å². The van der Waals surface area contributed by atoms with Crippen molar-refractivity contribution >= 4 is 9.84 Å². The van der Waals surface area contributed by atoms with Crippen LogP contribution >= 0.6 is 0 Å². The van der Waals surface area contributed by atoms with Gasteiger partial charge in [-0.2, -0.15) is 0 Å². The molecule has 1 aliphatic rings. The van der Waals surface area contributed by atoms with Gasteiger partial charge in [0, 0.05) is 24.9 Å². The molecular weight excluding hydrogens is 238 g/mol. The van der Waals surface area contributed by atoms with Crippen molar-refractivity contribution in [3.05, 3.63) is 0 Å². The van der Waals surface area contributed by atoms with Crippen LogP contribution in [0.25, 0.3) is 0 Å². The highest BCUT2D eigenvalue weighted by Crippen LogP contribution is 2.20. The lowest BCUT2D eigenvalue weighted by molar-refractivity contribution is -0.0253. The molecule has 1 fully saturated rings. The lowest BCUT2D eigenvalue weighted by Gasteiger charge is -2.34. The number of ether oxygens (including phenoxy) is 1. The fourth-order valence-corrected chi connectivity index (χ4v) is 3.35. The highest BCUT2D eigenvalue weighted by molar-refractivity contribution is 7.90. The Morgan fingerprint density at radius 3 is 2.53 bits per heavy atom. The van der Waals surface area contributed by atoms with Crippen molar-refractivity contribution < 1.29 is 13.2 Å². The van der Waals surface area contributed by atoms with Gasteiger partial charge in [-0.25, -0.2) is 8.42 Å². The maximum absolute atomic E-state index is 11.2. The molecule has 5 heteroatoms. The average Bonchev–Trinajstić information content (AvgIpc) is 2.14. The van der Waals surface area contributed by atoms with Gasteiger partial charge in [0.1, 0.15) is 9.84 Å². The highest BCUT2D eigenvalue weighted by atomic mass is 32.2. The van der Waals surface area contributed by atoms with Crippen LogP contribution in [0.4, 0.5) is 0 Å². The van der Waals surface area contributed by atoms with E-state index in [4.69, 9.17) is 4.74 Å². The summed E-state index contributed by atoms with van der Waals surface area (Å²) in [6.45, 7) is 7.02. The van der Waals surface area contributed by atoms with E-state index in [1.54, 1.807) is 0 Å². The maximum Gasteiger partial charge on any atom is 0.148 e. The number of rotatable bonds is 5. The number of hydrogen-bond acceptors (Lipinski definition) is 4. The summed E-state index contributed by atoms with van der Waals surface area (Å²) in [5.41, 5.74) is 0. The van der Waals surface area contributed by atoms with Crippen LogP contribution in [0.15, 0.2) is 0 Å². The minimum Gasteiger partial charge on any atom is -0.378 e. The van der Waals surface area contributed by atoms with Gasteiger partial charge in [0.25, 0.3) is 0 Å². The molecule has 4 nitrogen and oxygen atoms in total. The molecule has 0 aromatic rings. The van der Waals surface area contributed by atoms with E-state index in [0.717, 1.165) is 19.4 Å². The number of sulfone groups is 1. The first-order chi connectivity index (χ1) is 7.78. The Labute approximate surface area is 105 Å². The van der Waals surface area contributed by atoms with Crippen LogP contribution < -0.4 is 5.32 Å². The van der Waals surface area contributed by atoms with E-state index in [9.17, 15) is 8.42 Å². The van der Waals surface area contributed by atoms with Crippen molar-refractivity contribution in [1.29, 1.82) is 0 Å². The molecule has 0 aromatic heterocycles. The van der Waals surface area contributed by atoms with Crippen molar-refractivity contribution in [2.24, 2.45) is 5.92 Å². The van der Waals surface area contributed by atoms with Crippen molar-refractivity contribution in [2.75, 3.05) is 18.6 Å². The van der Waals surface area contributed by atoms with Gasteiger partial charge in [-0.15, -0.1) is 0 Å². The Kier molecular flexibility index (Phi) is 5.41. The van der Waals surface area contributed by atoms with E-state index >= 15 is 0 Å². The summed E-state index contributed by atoms with van der Waals surface area (Å²) in [4.78, 5) is 0. The van der Waals surface area contributed by atoms with Crippen LogP contribution in [0.2, 0.25) is 0 Å². The summed E-state index contributed by atoms with van der Waals surface area (Å²) in [6.07, 6.45) is 3.53. The van der Waals surface area contributed by atoms with Crippen molar-refractivity contribution in [3.63, 3.8) is 0 Å². The Morgan fingerprint density at radius 1 is 1.35 bits per heavy atom. The zero-order valence-corrected chi connectivity index (χ0v) is 12.1. The minimum atomic E-state index is -2.90. The van der Waals surface area contributed by atoms with Crippen LogP contribution in [-0.2, 0) is 14.6 Å². The van der Waals surface area contributed by atoms with E-state index in [1.165, 1.54) is 6.26 Å². The average molecular weight is 263 g/mol. The van der Waals surface area contributed by atoms with Crippen LogP contribution in [0.5, 0.6) is 0 Å². The monoisotopic (exact) mass is 263 g/mol. The summed E-state index contributed by atoms with van der Waals surface area (Å²) in [5.74, 6) is 0.723. The normalized spacial score (nSPS) is 28.3. The summed E-state index contributed by atoms with van der Waals surface area (Å²) >= 11 is 0. The second-order valence-corrected chi connectivity index (χ2v) is 7.72. The third kappa shape index (κ3) is 5.84. The predicted octanol–water partition coefficient (Wildman–Crippen LogP) is 1.21. The number of nitrogens with one attached hydrogen (secondary N) is 1. The lowest BCUT2D eigenvalue weighted by Crippen LogP contribution is -2.46. The van der Waals surface area contributed by atoms with E-state index in [0.29, 0.717) is 18.1 Å². The smallest absolute Gasteiger partial charge is 0.148 e. The first-order valence-electron chi connectivity index (χ1n) is 6.33. The van der Waals surface area contributed by atoms with Gasteiger partial charge in [0.15, 0.2) is 0 Å². The van der Waals surface area contributed by atoms with E-state index < -0.39 is 9.84 Å². The Hall–Kier alpha value is -0.130. The van der Waals surface area contributed by atoms with Gasteiger partial charge >= 0.3 is 0 Å². The number of hydrogen-bond donors (Lipinski definition) is 1. The molecule has 3 unspecified atom stereocenters. The zero-order valence-electron chi connectivity index (χ0n) is 11.3. The molecule has 1 N–H and O–H groups in total. The van der Waals surface area contributed by atoms with Crippen molar-refractivity contribution in [2.45, 2.75) is 51.8 Å². The first-order valence-corrected chi connectivity index (χ1v) is 8.39. The molecule has 0 spiro atoms. The van der Waals surface area contributed by atoms with Crippen LogP contribution in [-0.4, -0.2) is 45.2 Å². The highest BCUT2D eigenvalue weighted by Gasteiger charge is 2.26.